The van der Waals surface area contributed by atoms with Crippen molar-refractivity contribution >= 4 is 23.4 Å². The van der Waals surface area contributed by atoms with Gasteiger partial charge in [-0.25, -0.2) is 9.78 Å². The molecular weight excluding hydrogens is 236 g/mol. The number of nitrogen functional groups attached to an aromatic ring is 1. The molecule has 0 atom stereocenters. The third kappa shape index (κ3) is 4.48. The normalized spacial score (nSPS) is 11.3. The molecule has 0 aliphatic heterocycles. The number of esters is 1. The number of hydrogen-bond donors (Lipinski definition) is 1. The van der Waals surface area contributed by atoms with Gasteiger partial charge in [-0.2, -0.15) is 0 Å². The van der Waals surface area contributed by atoms with Gasteiger partial charge in [0.05, 0.1) is 24.0 Å². The zero-order valence-corrected chi connectivity index (χ0v) is 10.8. The molecule has 0 saturated heterocycles. The van der Waals surface area contributed by atoms with Crippen molar-refractivity contribution in [3.05, 3.63) is 30.0 Å². The van der Waals surface area contributed by atoms with Crippen molar-refractivity contribution < 1.29 is 9.53 Å². The largest absolute Gasteiger partial charge is 0.466 e. The SMILES string of the molecule is CCC(=CCSc1ccc(N)cn1)C(=O)OC. The topological polar surface area (TPSA) is 65.2 Å². The van der Waals surface area contributed by atoms with Crippen LogP contribution in [-0.4, -0.2) is 23.8 Å². The lowest BCUT2D eigenvalue weighted by Gasteiger charge is -2.02. The van der Waals surface area contributed by atoms with Gasteiger partial charge in [0, 0.05) is 11.3 Å². The van der Waals surface area contributed by atoms with Crippen molar-refractivity contribution in [3.63, 3.8) is 0 Å². The summed E-state index contributed by atoms with van der Waals surface area (Å²) in [4.78, 5) is 15.5. The molecule has 4 nitrogen and oxygen atoms in total. The van der Waals surface area contributed by atoms with E-state index < -0.39 is 0 Å². The summed E-state index contributed by atoms with van der Waals surface area (Å²) in [5.74, 6) is 0.424. The van der Waals surface area contributed by atoms with Crippen LogP contribution in [0.1, 0.15) is 13.3 Å². The van der Waals surface area contributed by atoms with E-state index in [-0.39, 0.29) is 5.97 Å². The van der Waals surface area contributed by atoms with E-state index in [4.69, 9.17) is 5.73 Å². The Kier molecular flexibility index (Phi) is 5.56. The molecule has 0 saturated carbocycles. The Morgan fingerprint density at radius 1 is 1.59 bits per heavy atom. The fraction of sp³-hybridized carbons (Fsp3) is 0.333. The lowest BCUT2D eigenvalue weighted by Crippen LogP contribution is -2.04. The van der Waals surface area contributed by atoms with Crippen LogP contribution < -0.4 is 5.73 Å². The number of carbonyl (C=O) groups is 1. The maximum absolute atomic E-state index is 11.3. The molecule has 17 heavy (non-hydrogen) atoms. The molecule has 0 fully saturated rings. The van der Waals surface area contributed by atoms with Crippen molar-refractivity contribution in [1.82, 2.24) is 4.98 Å². The second-order valence-corrected chi connectivity index (χ2v) is 4.36. The van der Waals surface area contributed by atoms with Crippen LogP contribution in [0.4, 0.5) is 5.69 Å². The standard InChI is InChI=1S/C12H16N2O2S/c1-3-9(12(15)16-2)6-7-17-11-5-4-10(13)8-14-11/h4-6,8H,3,7,13H2,1-2H3. The number of aromatic nitrogens is 1. The van der Waals surface area contributed by atoms with Gasteiger partial charge in [-0.1, -0.05) is 13.0 Å². The number of rotatable bonds is 5. The zero-order chi connectivity index (χ0) is 12.7. The van der Waals surface area contributed by atoms with Crippen LogP contribution in [0.15, 0.2) is 35.0 Å². The summed E-state index contributed by atoms with van der Waals surface area (Å²) in [7, 11) is 1.39. The van der Waals surface area contributed by atoms with Gasteiger partial charge in [-0.05, 0) is 18.6 Å². The van der Waals surface area contributed by atoms with Gasteiger partial charge in [0.1, 0.15) is 0 Å². The molecule has 2 N–H and O–H groups in total. The summed E-state index contributed by atoms with van der Waals surface area (Å²) in [6, 6.07) is 3.66. The fourth-order valence-electron chi connectivity index (χ4n) is 1.21. The Labute approximate surface area is 105 Å². The molecule has 1 rings (SSSR count). The molecule has 92 valence electrons. The van der Waals surface area contributed by atoms with Crippen LogP contribution >= 0.6 is 11.8 Å². The smallest absolute Gasteiger partial charge is 0.333 e. The highest BCUT2D eigenvalue weighted by molar-refractivity contribution is 7.99. The number of nitrogens with zero attached hydrogens (tertiary/aromatic N) is 1. The number of nitrogens with two attached hydrogens (primary N) is 1. The van der Waals surface area contributed by atoms with E-state index in [2.05, 4.69) is 9.72 Å². The van der Waals surface area contributed by atoms with Gasteiger partial charge in [-0.3, -0.25) is 0 Å². The minimum Gasteiger partial charge on any atom is -0.466 e. The lowest BCUT2D eigenvalue weighted by molar-refractivity contribution is -0.136. The first-order chi connectivity index (χ1) is 8.17. The van der Waals surface area contributed by atoms with Crippen LogP contribution in [0, 0.1) is 0 Å². The van der Waals surface area contributed by atoms with Gasteiger partial charge in [0.15, 0.2) is 0 Å². The Morgan fingerprint density at radius 2 is 2.35 bits per heavy atom. The van der Waals surface area contributed by atoms with Gasteiger partial charge in [-0.15, -0.1) is 11.8 Å². The third-order valence-corrected chi connectivity index (χ3v) is 3.02. The minimum atomic E-state index is -0.265. The van der Waals surface area contributed by atoms with Gasteiger partial charge in [0.2, 0.25) is 0 Å². The Hall–Kier alpha value is -1.49. The monoisotopic (exact) mass is 252 g/mol. The highest BCUT2D eigenvalue weighted by atomic mass is 32.2. The number of methoxy groups -OCH3 is 1. The van der Waals surface area contributed by atoms with Crippen molar-refractivity contribution in [2.24, 2.45) is 0 Å². The average Bonchev–Trinajstić information content (AvgIpc) is 2.36. The molecule has 5 heteroatoms. The van der Waals surface area contributed by atoms with E-state index in [1.165, 1.54) is 7.11 Å². The van der Waals surface area contributed by atoms with Crippen molar-refractivity contribution in [2.45, 2.75) is 18.4 Å². The highest BCUT2D eigenvalue weighted by Crippen LogP contribution is 2.17. The van der Waals surface area contributed by atoms with Crippen LogP contribution in [-0.2, 0) is 9.53 Å². The van der Waals surface area contributed by atoms with Gasteiger partial charge >= 0.3 is 5.97 Å². The van der Waals surface area contributed by atoms with E-state index in [0.29, 0.717) is 23.4 Å². The first kappa shape index (κ1) is 13.6. The minimum absolute atomic E-state index is 0.265. The van der Waals surface area contributed by atoms with E-state index in [0.717, 1.165) is 5.03 Å². The number of anilines is 1. The molecule has 0 aliphatic carbocycles. The predicted molar refractivity (Wildman–Crippen MR) is 69.8 cm³/mol. The second kappa shape index (κ2) is 6.96. The number of hydrogen-bond acceptors (Lipinski definition) is 5. The second-order valence-electron chi connectivity index (χ2n) is 3.32. The number of thioether (sulfide) groups is 1. The summed E-state index contributed by atoms with van der Waals surface area (Å²) in [6.07, 6.45) is 4.16. The van der Waals surface area contributed by atoms with Crippen LogP contribution in [0.3, 0.4) is 0 Å². The Bertz CT molecular complexity index is 401. The summed E-state index contributed by atoms with van der Waals surface area (Å²) >= 11 is 1.55. The summed E-state index contributed by atoms with van der Waals surface area (Å²) in [5.41, 5.74) is 6.88. The van der Waals surface area contributed by atoms with E-state index in [1.807, 2.05) is 19.1 Å². The first-order valence-electron chi connectivity index (χ1n) is 5.29. The maximum Gasteiger partial charge on any atom is 0.333 e. The molecule has 0 spiro atoms. The van der Waals surface area contributed by atoms with E-state index in [1.54, 1.807) is 24.0 Å². The van der Waals surface area contributed by atoms with Crippen LogP contribution in [0.5, 0.6) is 0 Å². The van der Waals surface area contributed by atoms with Gasteiger partial charge < -0.3 is 10.5 Å². The van der Waals surface area contributed by atoms with E-state index in [9.17, 15) is 4.79 Å². The fourth-order valence-corrected chi connectivity index (χ4v) is 1.95. The van der Waals surface area contributed by atoms with Crippen molar-refractivity contribution in [1.29, 1.82) is 0 Å². The van der Waals surface area contributed by atoms with Crippen LogP contribution in [0.2, 0.25) is 0 Å². The summed E-state index contributed by atoms with van der Waals surface area (Å²) in [5, 5.41) is 0.885. The molecule has 1 aromatic heterocycles. The molecule has 0 aliphatic rings. The van der Waals surface area contributed by atoms with E-state index >= 15 is 0 Å². The van der Waals surface area contributed by atoms with Crippen molar-refractivity contribution in [2.75, 3.05) is 18.6 Å². The number of carbonyl (C=O) groups excluding carboxylic acids is 1. The quantitative estimate of drug-likeness (QED) is 0.494. The maximum atomic E-state index is 11.3. The van der Waals surface area contributed by atoms with Crippen LogP contribution in [0.25, 0.3) is 0 Å². The Morgan fingerprint density at radius 3 is 2.88 bits per heavy atom. The first-order valence-corrected chi connectivity index (χ1v) is 6.27. The molecule has 0 bridgehead atoms. The molecule has 0 aromatic carbocycles. The number of ether oxygens (including phenoxy) is 1. The molecule has 1 heterocycles. The highest BCUT2D eigenvalue weighted by Gasteiger charge is 2.05. The zero-order valence-electron chi connectivity index (χ0n) is 9.97. The third-order valence-electron chi connectivity index (χ3n) is 2.15. The molecular formula is C12H16N2O2S. The summed E-state index contributed by atoms with van der Waals surface area (Å²) in [6.45, 7) is 1.93. The predicted octanol–water partition coefficient (Wildman–Crippen LogP) is 2.27. The van der Waals surface area contributed by atoms with Gasteiger partial charge in [0.25, 0.3) is 0 Å². The lowest BCUT2D eigenvalue weighted by atomic mass is 10.2. The Balaban J connectivity index is 2.53. The molecule has 1 aromatic rings. The molecule has 0 radical (unpaired) electrons. The molecule has 0 unspecified atom stereocenters. The number of pyridine rings is 1. The van der Waals surface area contributed by atoms with Crippen molar-refractivity contribution in [3.8, 4) is 0 Å². The average molecular weight is 252 g/mol. The molecule has 0 amide bonds. The summed E-state index contributed by atoms with van der Waals surface area (Å²) < 4.78 is 4.67.